The zero-order valence-electron chi connectivity index (χ0n) is 14.2. The number of fused-ring (bicyclic) bond motifs is 2. The van der Waals surface area contributed by atoms with E-state index in [1.165, 1.54) is 0 Å². The molecule has 9 heteroatoms. The minimum absolute atomic E-state index is 0.228. The van der Waals surface area contributed by atoms with E-state index in [1.807, 2.05) is 30.0 Å². The van der Waals surface area contributed by atoms with Gasteiger partial charge in [-0.25, -0.2) is 4.98 Å². The number of pyridine rings is 1. The third-order valence-corrected chi connectivity index (χ3v) is 5.33. The zero-order chi connectivity index (χ0) is 17.9. The molecule has 2 atom stereocenters. The maximum absolute atomic E-state index is 11.8. The van der Waals surface area contributed by atoms with Gasteiger partial charge in [0.2, 0.25) is 11.9 Å². The fraction of sp³-hybridized carbons (Fsp3) is 0.353. The smallest absolute Gasteiger partial charge is 0.229 e. The number of hydrogen-bond acceptors (Lipinski definition) is 7. The number of nitrogens with two attached hydrogens (primary N) is 1. The molecule has 1 aliphatic heterocycles. The standard InChI is InChI=1S/C17H18N8O/c1-9-5-12(24-23-9)20-14-11-3-2-4-19-13(11)21-16(22-14)25-7-10-6-17(10,8-25)15(18)26/h2-5,10H,6-8H2,1H3,(H2,18,26)(H2,19,20,21,22,23,24)/t10-,17+/m1/s1. The van der Waals surface area contributed by atoms with Crippen molar-refractivity contribution in [2.75, 3.05) is 23.3 Å². The number of carbonyl (C=O) groups is 1. The van der Waals surface area contributed by atoms with Gasteiger partial charge in [-0.15, -0.1) is 0 Å². The summed E-state index contributed by atoms with van der Waals surface area (Å²) in [6.07, 6.45) is 2.57. The molecule has 4 heterocycles. The molecule has 2 aliphatic rings. The molecule has 0 bridgehead atoms. The van der Waals surface area contributed by atoms with E-state index in [0.717, 1.165) is 24.0 Å². The van der Waals surface area contributed by atoms with Crippen molar-refractivity contribution in [3.05, 3.63) is 30.1 Å². The second-order valence-corrected chi connectivity index (χ2v) is 7.11. The van der Waals surface area contributed by atoms with Crippen LogP contribution >= 0.6 is 0 Å². The van der Waals surface area contributed by atoms with Gasteiger partial charge in [0, 0.05) is 31.0 Å². The monoisotopic (exact) mass is 350 g/mol. The van der Waals surface area contributed by atoms with Gasteiger partial charge in [-0.3, -0.25) is 9.89 Å². The highest BCUT2D eigenvalue weighted by Crippen LogP contribution is 2.57. The molecule has 0 spiro atoms. The van der Waals surface area contributed by atoms with E-state index in [0.29, 0.717) is 35.7 Å². The van der Waals surface area contributed by atoms with Crippen LogP contribution in [0.4, 0.5) is 17.6 Å². The Balaban J connectivity index is 1.54. The molecule has 132 valence electrons. The molecule has 9 nitrogen and oxygen atoms in total. The SMILES string of the molecule is Cc1cc(Nc2nc(N3C[C@H]4C[C@]4(C(N)=O)C3)nc3ncccc23)n[nH]1. The molecular weight excluding hydrogens is 332 g/mol. The molecule has 4 N–H and O–H groups in total. The first-order valence-corrected chi connectivity index (χ1v) is 8.52. The number of aryl methyl sites for hydroxylation is 1. The Bertz CT molecular complexity index is 1030. The maximum Gasteiger partial charge on any atom is 0.229 e. The van der Waals surface area contributed by atoms with Crippen LogP contribution in [0.3, 0.4) is 0 Å². The normalized spacial score (nSPS) is 23.9. The van der Waals surface area contributed by atoms with Gasteiger partial charge < -0.3 is 16.0 Å². The lowest BCUT2D eigenvalue weighted by molar-refractivity contribution is -0.122. The summed E-state index contributed by atoms with van der Waals surface area (Å²) in [6, 6.07) is 5.66. The van der Waals surface area contributed by atoms with Gasteiger partial charge in [0.05, 0.1) is 10.8 Å². The van der Waals surface area contributed by atoms with Crippen LogP contribution in [0.1, 0.15) is 12.1 Å². The number of hydrogen-bond donors (Lipinski definition) is 3. The van der Waals surface area contributed by atoms with Crippen LogP contribution in [0.15, 0.2) is 24.4 Å². The number of carbonyl (C=O) groups excluding carboxylic acids is 1. The van der Waals surface area contributed by atoms with E-state index in [-0.39, 0.29) is 5.91 Å². The molecule has 1 saturated heterocycles. The van der Waals surface area contributed by atoms with Crippen LogP contribution in [-0.2, 0) is 4.79 Å². The molecule has 0 radical (unpaired) electrons. The van der Waals surface area contributed by atoms with Crippen molar-refractivity contribution in [2.45, 2.75) is 13.3 Å². The Morgan fingerprint density at radius 3 is 3.08 bits per heavy atom. The highest BCUT2D eigenvalue weighted by atomic mass is 16.1. The number of piperidine rings is 1. The maximum atomic E-state index is 11.8. The Kier molecular flexibility index (Phi) is 2.97. The number of aromatic amines is 1. The van der Waals surface area contributed by atoms with Gasteiger partial charge in [-0.05, 0) is 31.4 Å². The van der Waals surface area contributed by atoms with Gasteiger partial charge in [-0.1, -0.05) is 0 Å². The molecule has 0 unspecified atom stereocenters. The predicted molar refractivity (Wildman–Crippen MR) is 95.9 cm³/mol. The number of primary amides is 1. The van der Waals surface area contributed by atoms with Gasteiger partial charge in [-0.2, -0.15) is 15.1 Å². The number of aromatic nitrogens is 5. The predicted octanol–water partition coefficient (Wildman–Crippen LogP) is 1.11. The van der Waals surface area contributed by atoms with Crippen molar-refractivity contribution in [3.8, 4) is 0 Å². The largest absolute Gasteiger partial charge is 0.369 e. The third kappa shape index (κ3) is 2.20. The molecule has 1 saturated carbocycles. The second kappa shape index (κ2) is 5.13. The molecule has 3 aromatic heterocycles. The summed E-state index contributed by atoms with van der Waals surface area (Å²) in [7, 11) is 0. The van der Waals surface area contributed by atoms with Crippen LogP contribution in [0, 0.1) is 18.3 Å². The third-order valence-electron chi connectivity index (χ3n) is 5.33. The van der Waals surface area contributed by atoms with E-state index < -0.39 is 5.41 Å². The Labute approximate surface area is 149 Å². The van der Waals surface area contributed by atoms with E-state index in [4.69, 9.17) is 10.7 Å². The summed E-state index contributed by atoms with van der Waals surface area (Å²) in [5.41, 5.74) is 6.74. The summed E-state index contributed by atoms with van der Waals surface area (Å²) in [6.45, 7) is 3.23. The number of rotatable bonds is 4. The average Bonchev–Trinajstić information content (AvgIpc) is 2.97. The summed E-state index contributed by atoms with van der Waals surface area (Å²) in [5.74, 6) is 1.94. The summed E-state index contributed by atoms with van der Waals surface area (Å²) >= 11 is 0. The van der Waals surface area contributed by atoms with Crippen molar-refractivity contribution in [3.63, 3.8) is 0 Å². The minimum Gasteiger partial charge on any atom is -0.369 e. The number of nitrogens with zero attached hydrogens (tertiary/aromatic N) is 5. The van der Waals surface area contributed by atoms with Crippen molar-refractivity contribution >= 4 is 34.5 Å². The quantitative estimate of drug-likeness (QED) is 0.643. The molecule has 1 aliphatic carbocycles. The first-order chi connectivity index (χ1) is 12.5. The fourth-order valence-electron chi connectivity index (χ4n) is 3.81. The minimum atomic E-state index is -0.407. The van der Waals surface area contributed by atoms with Crippen LogP contribution in [0.2, 0.25) is 0 Å². The van der Waals surface area contributed by atoms with E-state index in [2.05, 4.69) is 25.5 Å². The molecule has 1 amide bonds. The van der Waals surface area contributed by atoms with Gasteiger partial charge in [0.15, 0.2) is 11.5 Å². The van der Waals surface area contributed by atoms with E-state index in [1.54, 1.807) is 6.20 Å². The van der Waals surface area contributed by atoms with Crippen LogP contribution in [0.25, 0.3) is 11.0 Å². The van der Waals surface area contributed by atoms with Crippen LogP contribution in [-0.4, -0.2) is 44.1 Å². The second-order valence-electron chi connectivity index (χ2n) is 7.11. The number of nitrogens with one attached hydrogen (secondary N) is 2. The first-order valence-electron chi connectivity index (χ1n) is 8.52. The molecule has 5 rings (SSSR count). The molecule has 2 fully saturated rings. The first kappa shape index (κ1) is 15.1. The van der Waals surface area contributed by atoms with Crippen molar-refractivity contribution in [1.29, 1.82) is 0 Å². The molecule has 3 aromatic rings. The number of anilines is 3. The van der Waals surface area contributed by atoms with Crippen LogP contribution < -0.4 is 16.0 Å². The Morgan fingerprint density at radius 2 is 2.35 bits per heavy atom. The number of H-pyrrole nitrogens is 1. The summed E-state index contributed by atoms with van der Waals surface area (Å²) in [4.78, 5) is 27.5. The number of amides is 1. The van der Waals surface area contributed by atoms with Crippen molar-refractivity contribution < 1.29 is 4.79 Å². The average molecular weight is 350 g/mol. The van der Waals surface area contributed by atoms with Gasteiger partial charge in [0.1, 0.15) is 5.82 Å². The highest BCUT2D eigenvalue weighted by molar-refractivity contribution is 5.90. The summed E-state index contributed by atoms with van der Waals surface area (Å²) < 4.78 is 0. The molecular formula is C17H18N8O. The van der Waals surface area contributed by atoms with E-state index in [9.17, 15) is 4.79 Å². The van der Waals surface area contributed by atoms with Crippen LogP contribution in [0.5, 0.6) is 0 Å². The topological polar surface area (TPSA) is 126 Å². The van der Waals surface area contributed by atoms with E-state index >= 15 is 0 Å². The lowest BCUT2D eigenvalue weighted by Gasteiger charge is -2.20. The molecule has 26 heavy (non-hydrogen) atoms. The fourth-order valence-corrected chi connectivity index (χ4v) is 3.81. The Morgan fingerprint density at radius 1 is 1.46 bits per heavy atom. The lowest BCUT2D eigenvalue weighted by Crippen LogP contribution is -2.33. The zero-order valence-corrected chi connectivity index (χ0v) is 14.2. The Hall–Kier alpha value is -3.23. The van der Waals surface area contributed by atoms with Gasteiger partial charge >= 0.3 is 0 Å². The molecule has 0 aromatic carbocycles. The van der Waals surface area contributed by atoms with Gasteiger partial charge in [0.25, 0.3) is 0 Å². The summed E-state index contributed by atoms with van der Waals surface area (Å²) in [5, 5.41) is 11.2. The lowest BCUT2D eigenvalue weighted by atomic mass is 10.1. The van der Waals surface area contributed by atoms with Crippen molar-refractivity contribution in [2.24, 2.45) is 17.1 Å². The highest BCUT2D eigenvalue weighted by Gasteiger charge is 2.64. The van der Waals surface area contributed by atoms with Crippen molar-refractivity contribution in [1.82, 2.24) is 25.1 Å².